The highest BCUT2D eigenvalue weighted by atomic mass is 32.2. The van der Waals surface area contributed by atoms with Crippen LogP contribution in [0.3, 0.4) is 0 Å². The number of aliphatic hydroxyl groups is 3. The first-order valence-electron chi connectivity index (χ1n) is 10.1. The Hall–Kier alpha value is -0.750. The second-order valence-electron chi connectivity index (χ2n) is 8.42. The molecule has 3 saturated heterocycles. The zero-order valence-corrected chi connectivity index (χ0v) is 18.0. The minimum absolute atomic E-state index is 0.116. The van der Waals surface area contributed by atoms with Crippen LogP contribution in [0.1, 0.15) is 26.7 Å². The van der Waals surface area contributed by atoms with Gasteiger partial charge in [-0.1, -0.05) is 13.8 Å². The van der Waals surface area contributed by atoms with Crippen LogP contribution in [0.4, 0.5) is 0 Å². The van der Waals surface area contributed by atoms with Gasteiger partial charge in [-0.05, 0) is 31.7 Å². The maximum atomic E-state index is 13.4. The number of carbonyl (C=O) groups is 1. The van der Waals surface area contributed by atoms with Gasteiger partial charge in [-0.25, -0.2) is 0 Å². The molecule has 0 saturated carbocycles. The Morgan fingerprint density at radius 2 is 2.03 bits per heavy atom. The van der Waals surface area contributed by atoms with Crippen molar-refractivity contribution in [2.75, 3.05) is 19.4 Å². The van der Waals surface area contributed by atoms with Gasteiger partial charge in [-0.15, -0.1) is 11.8 Å². The van der Waals surface area contributed by atoms with Gasteiger partial charge in [0, 0.05) is 19.1 Å². The Morgan fingerprint density at radius 3 is 2.66 bits per heavy atom. The Morgan fingerprint density at radius 1 is 1.31 bits per heavy atom. The number of amides is 1. The SMILES string of the molecule is C=N[C@]1(C(=O)N[C@H](C(C)C)[C@H]2OC(SC)[C@H](O)C(O)C2O)NC[C@@H]2CCCO[C@H]21. The van der Waals surface area contributed by atoms with E-state index in [9.17, 15) is 20.1 Å². The van der Waals surface area contributed by atoms with Crippen LogP contribution in [0, 0.1) is 11.8 Å². The Bertz CT molecular complexity index is 608. The Balaban J connectivity index is 1.81. The summed E-state index contributed by atoms with van der Waals surface area (Å²) in [6.07, 6.45) is -1.56. The normalized spacial score (nSPS) is 43.6. The molecule has 0 aromatic heterocycles. The van der Waals surface area contributed by atoms with E-state index in [1.807, 2.05) is 13.8 Å². The number of hydrogen-bond acceptors (Lipinski definition) is 9. The zero-order valence-electron chi connectivity index (χ0n) is 17.2. The fraction of sp³-hybridized carbons (Fsp3) is 0.895. The lowest BCUT2D eigenvalue weighted by Gasteiger charge is -2.45. The van der Waals surface area contributed by atoms with Crippen LogP contribution < -0.4 is 10.6 Å². The van der Waals surface area contributed by atoms with Crippen LogP contribution in [-0.2, 0) is 14.3 Å². The van der Waals surface area contributed by atoms with E-state index in [4.69, 9.17) is 9.47 Å². The van der Waals surface area contributed by atoms with Gasteiger partial charge in [0.1, 0.15) is 36.0 Å². The Labute approximate surface area is 175 Å². The number of nitrogens with one attached hydrogen (secondary N) is 2. The number of nitrogens with zero attached hydrogens (tertiary/aromatic N) is 1. The summed E-state index contributed by atoms with van der Waals surface area (Å²) < 4.78 is 11.8. The van der Waals surface area contributed by atoms with Crippen LogP contribution in [0.15, 0.2) is 4.99 Å². The number of ether oxygens (including phenoxy) is 2. The van der Waals surface area contributed by atoms with E-state index >= 15 is 0 Å². The number of hydrogen-bond donors (Lipinski definition) is 5. The smallest absolute Gasteiger partial charge is 0.265 e. The molecule has 3 aliphatic rings. The number of thioether (sulfide) groups is 1. The summed E-state index contributed by atoms with van der Waals surface area (Å²) in [5, 5.41) is 37.1. The third-order valence-corrected chi connectivity index (χ3v) is 7.15. The number of carbonyl (C=O) groups excluding carboxylic acids is 1. The minimum Gasteiger partial charge on any atom is -0.388 e. The molecule has 1 amide bonds. The average Bonchev–Trinajstić information content (AvgIpc) is 3.10. The van der Waals surface area contributed by atoms with Crippen molar-refractivity contribution >= 4 is 24.4 Å². The molecule has 0 aliphatic carbocycles. The van der Waals surface area contributed by atoms with Crippen LogP contribution in [0.5, 0.6) is 0 Å². The predicted octanol–water partition coefficient (Wildman–Crippen LogP) is -0.907. The molecule has 9 atom stereocenters. The molecule has 166 valence electrons. The summed E-state index contributed by atoms with van der Waals surface area (Å²) in [5.41, 5.74) is -2.01. The van der Waals surface area contributed by atoms with Gasteiger partial charge < -0.3 is 30.1 Å². The molecule has 0 radical (unpaired) electrons. The predicted molar refractivity (Wildman–Crippen MR) is 110 cm³/mol. The lowest BCUT2D eigenvalue weighted by atomic mass is 9.87. The molecule has 9 nitrogen and oxygen atoms in total. The van der Waals surface area contributed by atoms with E-state index in [1.165, 1.54) is 11.8 Å². The largest absolute Gasteiger partial charge is 0.388 e. The first-order chi connectivity index (χ1) is 13.8. The van der Waals surface area contributed by atoms with Crippen LogP contribution in [0.25, 0.3) is 0 Å². The first kappa shape index (κ1) is 22.9. The molecule has 29 heavy (non-hydrogen) atoms. The van der Waals surface area contributed by atoms with E-state index in [1.54, 1.807) is 6.26 Å². The molecular weight excluding hydrogens is 398 g/mol. The molecule has 0 aromatic carbocycles. The molecule has 3 unspecified atom stereocenters. The summed E-state index contributed by atoms with van der Waals surface area (Å²) >= 11 is 1.24. The van der Waals surface area contributed by atoms with Crippen molar-refractivity contribution in [2.24, 2.45) is 16.8 Å². The lowest BCUT2D eigenvalue weighted by molar-refractivity contribution is -0.208. The topological polar surface area (TPSA) is 133 Å². The highest BCUT2D eigenvalue weighted by molar-refractivity contribution is 7.99. The van der Waals surface area contributed by atoms with Gasteiger partial charge in [0.15, 0.2) is 0 Å². The van der Waals surface area contributed by atoms with Crippen LogP contribution >= 0.6 is 11.8 Å². The van der Waals surface area contributed by atoms with Crippen molar-refractivity contribution < 1.29 is 29.6 Å². The summed E-state index contributed by atoms with van der Waals surface area (Å²) in [7, 11) is 0. The third-order valence-electron chi connectivity index (χ3n) is 6.29. The van der Waals surface area contributed by atoms with E-state index in [0.29, 0.717) is 13.2 Å². The van der Waals surface area contributed by atoms with E-state index in [0.717, 1.165) is 12.8 Å². The van der Waals surface area contributed by atoms with Crippen molar-refractivity contribution in [2.45, 2.75) is 74.3 Å². The molecule has 10 heteroatoms. The average molecular weight is 432 g/mol. The highest BCUT2D eigenvalue weighted by Gasteiger charge is 2.56. The summed E-state index contributed by atoms with van der Waals surface area (Å²) in [6.45, 7) is 8.62. The molecule has 3 heterocycles. The first-order valence-corrected chi connectivity index (χ1v) is 11.4. The standard InChI is InChI=1S/C19H33N3O6S/c1-9(2)11(15-13(24)12(23)14(25)17(28-15)29-4)22-18(26)19(20-3)16-10(8-21-19)6-5-7-27-16/h9-17,21,23-25H,3,5-8H2,1-2,4H3,(H,22,26)/t10-,11+,12?,13?,14+,15+,16+,17?,19-/m0/s1. The third kappa shape index (κ3) is 4.08. The van der Waals surface area contributed by atoms with E-state index < -0.39 is 53.6 Å². The molecule has 3 fully saturated rings. The number of aliphatic imine (C=N–C) groups is 1. The molecule has 0 bridgehead atoms. The van der Waals surface area contributed by atoms with E-state index in [-0.39, 0.29) is 11.8 Å². The molecule has 3 rings (SSSR count). The zero-order chi connectivity index (χ0) is 21.3. The molecule has 3 aliphatic heterocycles. The van der Waals surface area contributed by atoms with Gasteiger partial charge in [-0.2, -0.15) is 0 Å². The maximum absolute atomic E-state index is 13.4. The second kappa shape index (κ2) is 9.17. The van der Waals surface area contributed by atoms with Crippen molar-refractivity contribution in [1.82, 2.24) is 10.6 Å². The van der Waals surface area contributed by atoms with Gasteiger partial charge >= 0.3 is 0 Å². The lowest BCUT2D eigenvalue weighted by Crippen LogP contribution is -2.67. The summed E-state index contributed by atoms with van der Waals surface area (Å²) in [5.74, 6) is -0.320. The number of fused-ring (bicyclic) bond motifs is 1. The van der Waals surface area contributed by atoms with Crippen molar-refractivity contribution in [3.05, 3.63) is 0 Å². The molecular formula is C19H33N3O6S. The number of aliphatic hydroxyl groups excluding tert-OH is 3. The Kier molecular flexibility index (Phi) is 7.25. The summed E-state index contributed by atoms with van der Waals surface area (Å²) in [4.78, 5) is 17.5. The second-order valence-corrected chi connectivity index (χ2v) is 9.35. The monoisotopic (exact) mass is 431 g/mol. The fourth-order valence-corrected chi connectivity index (χ4v) is 5.26. The van der Waals surface area contributed by atoms with Crippen LogP contribution in [-0.4, -0.2) is 95.0 Å². The van der Waals surface area contributed by atoms with Gasteiger partial charge in [0.25, 0.3) is 5.91 Å². The van der Waals surface area contributed by atoms with Crippen molar-refractivity contribution in [1.29, 1.82) is 0 Å². The summed E-state index contributed by atoms with van der Waals surface area (Å²) in [6, 6.07) is -0.614. The quantitative estimate of drug-likeness (QED) is 0.342. The molecule has 0 aromatic rings. The molecule has 5 N–H and O–H groups in total. The van der Waals surface area contributed by atoms with E-state index in [2.05, 4.69) is 22.3 Å². The van der Waals surface area contributed by atoms with Gasteiger partial charge in [0.05, 0.1) is 6.04 Å². The fourth-order valence-electron chi connectivity index (χ4n) is 4.58. The van der Waals surface area contributed by atoms with Crippen molar-refractivity contribution in [3.63, 3.8) is 0 Å². The minimum atomic E-state index is -1.37. The molecule has 0 spiro atoms. The number of rotatable bonds is 6. The van der Waals surface area contributed by atoms with Gasteiger partial charge in [0.2, 0.25) is 5.66 Å². The van der Waals surface area contributed by atoms with Crippen molar-refractivity contribution in [3.8, 4) is 0 Å². The highest BCUT2D eigenvalue weighted by Crippen LogP contribution is 2.36. The van der Waals surface area contributed by atoms with Crippen LogP contribution in [0.2, 0.25) is 0 Å². The van der Waals surface area contributed by atoms with Gasteiger partial charge in [-0.3, -0.25) is 15.1 Å². The maximum Gasteiger partial charge on any atom is 0.265 e.